The van der Waals surface area contributed by atoms with Gasteiger partial charge in [-0.25, -0.2) is 4.98 Å². The molecule has 0 unspecified atom stereocenters. The van der Waals surface area contributed by atoms with Crippen LogP contribution in [0.2, 0.25) is 0 Å². The van der Waals surface area contributed by atoms with E-state index in [1.54, 1.807) is 6.07 Å². The van der Waals surface area contributed by atoms with Gasteiger partial charge in [-0.1, -0.05) is 6.92 Å². The molecule has 0 aliphatic carbocycles. The number of nitrogens with one attached hydrogen (secondary N) is 2. The van der Waals surface area contributed by atoms with Gasteiger partial charge in [0.1, 0.15) is 11.5 Å². The lowest BCUT2D eigenvalue weighted by atomic mass is 10.2. The van der Waals surface area contributed by atoms with E-state index in [0.29, 0.717) is 18.7 Å². The maximum atomic E-state index is 12.5. The molecule has 8 nitrogen and oxygen atoms in total. The summed E-state index contributed by atoms with van der Waals surface area (Å²) in [5, 5.41) is 5.50. The largest absolute Gasteiger partial charge is 0.355 e. The van der Waals surface area contributed by atoms with Crippen LogP contribution in [0, 0.1) is 0 Å². The number of nitrogens with zero attached hydrogens (tertiary/aromatic N) is 4. The normalized spacial score (nSPS) is 11.1. The van der Waals surface area contributed by atoms with Gasteiger partial charge in [0.2, 0.25) is 5.91 Å². The van der Waals surface area contributed by atoms with Crippen molar-refractivity contribution < 1.29 is 9.59 Å². The topological polar surface area (TPSA) is 82.0 Å². The van der Waals surface area contributed by atoms with E-state index in [-0.39, 0.29) is 11.8 Å². The van der Waals surface area contributed by atoms with E-state index in [4.69, 9.17) is 4.98 Å². The molecule has 2 heterocycles. The van der Waals surface area contributed by atoms with Crippen LogP contribution in [0.1, 0.15) is 36.8 Å². The highest BCUT2D eigenvalue weighted by atomic mass is 16.2. The Labute approximate surface area is 166 Å². The molecule has 2 N–H and O–H groups in total. The number of rotatable bonds is 10. The first-order valence-electron chi connectivity index (χ1n) is 9.80. The van der Waals surface area contributed by atoms with E-state index in [1.165, 1.54) is 6.92 Å². The van der Waals surface area contributed by atoms with Gasteiger partial charge < -0.3 is 20.4 Å². The molecule has 2 aromatic rings. The SMILES string of the molecule is CCc1nc2ccc(C(=O)NCCNC(C)=O)cn2c1N(CC)CCN(C)C. The number of fused-ring (bicyclic) bond motifs is 1. The molecule has 28 heavy (non-hydrogen) atoms. The van der Waals surface area contributed by atoms with Crippen LogP contribution in [-0.2, 0) is 11.2 Å². The molecule has 2 aromatic heterocycles. The van der Waals surface area contributed by atoms with Gasteiger partial charge in [-0.15, -0.1) is 0 Å². The molecule has 154 valence electrons. The summed E-state index contributed by atoms with van der Waals surface area (Å²) in [7, 11) is 4.12. The maximum Gasteiger partial charge on any atom is 0.252 e. The van der Waals surface area contributed by atoms with Crippen molar-refractivity contribution in [2.45, 2.75) is 27.2 Å². The molecule has 0 fully saturated rings. The van der Waals surface area contributed by atoms with Crippen molar-refractivity contribution in [1.82, 2.24) is 24.9 Å². The number of aryl methyl sites for hydroxylation is 1. The number of carbonyl (C=O) groups is 2. The van der Waals surface area contributed by atoms with Gasteiger partial charge >= 0.3 is 0 Å². The molecule has 2 rings (SSSR count). The summed E-state index contributed by atoms with van der Waals surface area (Å²) in [4.78, 5) is 32.6. The Kier molecular flexibility index (Phi) is 7.80. The molecule has 0 spiro atoms. The Morgan fingerprint density at radius 1 is 1.11 bits per heavy atom. The molecule has 2 amide bonds. The average Bonchev–Trinajstić information content (AvgIpc) is 3.03. The molecule has 0 saturated carbocycles. The van der Waals surface area contributed by atoms with Gasteiger partial charge in [-0.3, -0.25) is 14.0 Å². The number of anilines is 1. The quantitative estimate of drug-likeness (QED) is 0.597. The van der Waals surface area contributed by atoms with Gasteiger partial charge in [-0.2, -0.15) is 0 Å². The monoisotopic (exact) mass is 388 g/mol. The van der Waals surface area contributed by atoms with E-state index in [1.807, 2.05) is 16.7 Å². The summed E-state index contributed by atoms with van der Waals surface area (Å²) in [6.45, 7) is 9.17. The number of amides is 2. The number of carbonyl (C=O) groups excluding carboxylic acids is 2. The first-order valence-corrected chi connectivity index (χ1v) is 9.80. The molecule has 0 aliphatic heterocycles. The lowest BCUT2D eigenvalue weighted by molar-refractivity contribution is -0.118. The smallest absolute Gasteiger partial charge is 0.252 e. The third-order valence-corrected chi connectivity index (χ3v) is 4.54. The zero-order valence-electron chi connectivity index (χ0n) is 17.6. The number of likely N-dealkylation sites (N-methyl/N-ethyl adjacent to an activating group) is 2. The minimum atomic E-state index is -0.165. The van der Waals surface area contributed by atoms with Gasteiger partial charge in [0.15, 0.2) is 0 Å². The summed E-state index contributed by atoms with van der Waals surface area (Å²) in [5.41, 5.74) is 2.44. The summed E-state index contributed by atoms with van der Waals surface area (Å²) in [6, 6.07) is 3.67. The highest BCUT2D eigenvalue weighted by Gasteiger charge is 2.18. The fraction of sp³-hybridized carbons (Fsp3) is 0.550. The van der Waals surface area contributed by atoms with E-state index in [0.717, 1.165) is 43.2 Å². The number of pyridine rings is 1. The molecular weight excluding hydrogens is 356 g/mol. The fourth-order valence-corrected chi connectivity index (χ4v) is 3.04. The van der Waals surface area contributed by atoms with Crippen LogP contribution in [0.4, 0.5) is 5.82 Å². The van der Waals surface area contributed by atoms with Crippen molar-refractivity contribution in [2.24, 2.45) is 0 Å². The van der Waals surface area contributed by atoms with Crippen LogP contribution in [0.3, 0.4) is 0 Å². The number of imidazole rings is 1. The summed E-state index contributed by atoms with van der Waals surface area (Å²) < 4.78 is 2.01. The van der Waals surface area contributed by atoms with Crippen LogP contribution in [0.25, 0.3) is 5.65 Å². The number of hydrogen-bond acceptors (Lipinski definition) is 5. The molecule has 8 heteroatoms. The highest BCUT2D eigenvalue weighted by molar-refractivity contribution is 5.94. The summed E-state index contributed by atoms with van der Waals surface area (Å²) in [6.07, 6.45) is 2.68. The van der Waals surface area contributed by atoms with Crippen molar-refractivity contribution in [3.05, 3.63) is 29.6 Å². The lowest BCUT2D eigenvalue weighted by Gasteiger charge is -2.25. The molecule has 0 atom stereocenters. The first kappa shape index (κ1) is 21.7. The van der Waals surface area contributed by atoms with Gasteiger partial charge in [0.05, 0.1) is 11.3 Å². The highest BCUT2D eigenvalue weighted by Crippen LogP contribution is 2.24. The zero-order chi connectivity index (χ0) is 20.7. The minimum Gasteiger partial charge on any atom is -0.355 e. The molecule has 0 radical (unpaired) electrons. The Morgan fingerprint density at radius 3 is 2.43 bits per heavy atom. The Hall–Kier alpha value is -2.61. The van der Waals surface area contributed by atoms with Crippen LogP contribution < -0.4 is 15.5 Å². The van der Waals surface area contributed by atoms with Crippen molar-refractivity contribution in [3.8, 4) is 0 Å². The van der Waals surface area contributed by atoms with Crippen LogP contribution in [-0.4, -0.2) is 72.9 Å². The average molecular weight is 389 g/mol. The van der Waals surface area contributed by atoms with E-state index < -0.39 is 0 Å². The first-order chi connectivity index (χ1) is 13.4. The van der Waals surface area contributed by atoms with E-state index in [2.05, 4.69) is 48.4 Å². The Morgan fingerprint density at radius 2 is 1.82 bits per heavy atom. The second kappa shape index (κ2) is 10.1. The van der Waals surface area contributed by atoms with Crippen molar-refractivity contribution in [2.75, 3.05) is 51.7 Å². The Bertz CT molecular complexity index is 814. The summed E-state index contributed by atoms with van der Waals surface area (Å²) >= 11 is 0. The Balaban J connectivity index is 2.27. The second-order valence-corrected chi connectivity index (χ2v) is 7.00. The van der Waals surface area contributed by atoms with Crippen molar-refractivity contribution >= 4 is 23.3 Å². The number of hydrogen-bond donors (Lipinski definition) is 2. The molecular formula is C20H32N6O2. The molecule has 0 bridgehead atoms. The van der Waals surface area contributed by atoms with Crippen molar-refractivity contribution in [3.63, 3.8) is 0 Å². The molecule has 0 aromatic carbocycles. The number of aromatic nitrogens is 2. The van der Waals surface area contributed by atoms with Gasteiger partial charge in [-0.05, 0) is 39.6 Å². The second-order valence-electron chi connectivity index (χ2n) is 7.00. The van der Waals surface area contributed by atoms with E-state index in [9.17, 15) is 9.59 Å². The van der Waals surface area contributed by atoms with Crippen LogP contribution in [0.5, 0.6) is 0 Å². The lowest BCUT2D eigenvalue weighted by Crippen LogP contribution is -2.34. The predicted octanol–water partition coefficient (Wildman–Crippen LogP) is 1.15. The fourth-order valence-electron chi connectivity index (χ4n) is 3.04. The van der Waals surface area contributed by atoms with Crippen LogP contribution >= 0.6 is 0 Å². The minimum absolute atomic E-state index is 0.108. The molecule has 0 aliphatic rings. The standard InChI is InChI=1S/C20H32N6O2/c1-6-17-20(25(7-2)13-12-24(4)5)26-14-16(8-9-18(26)23-17)19(28)22-11-10-21-15(3)27/h8-9,14H,6-7,10-13H2,1-5H3,(H,21,27)(H,22,28). The zero-order valence-corrected chi connectivity index (χ0v) is 17.6. The third-order valence-electron chi connectivity index (χ3n) is 4.54. The third kappa shape index (κ3) is 5.45. The maximum absolute atomic E-state index is 12.5. The predicted molar refractivity (Wildman–Crippen MR) is 112 cm³/mol. The van der Waals surface area contributed by atoms with Crippen LogP contribution in [0.15, 0.2) is 18.3 Å². The summed E-state index contributed by atoms with van der Waals surface area (Å²) in [5.74, 6) is 0.777. The van der Waals surface area contributed by atoms with Gasteiger partial charge in [0, 0.05) is 45.8 Å². The molecule has 0 saturated heterocycles. The van der Waals surface area contributed by atoms with Crippen molar-refractivity contribution in [1.29, 1.82) is 0 Å². The van der Waals surface area contributed by atoms with Gasteiger partial charge in [0.25, 0.3) is 5.91 Å². The van der Waals surface area contributed by atoms with E-state index >= 15 is 0 Å².